The Morgan fingerprint density at radius 3 is 2.41 bits per heavy atom. The van der Waals surface area contributed by atoms with Gasteiger partial charge in [-0.2, -0.15) is 4.39 Å². The van der Waals surface area contributed by atoms with Gasteiger partial charge in [-0.3, -0.25) is 20.5 Å². The summed E-state index contributed by atoms with van der Waals surface area (Å²) in [5.41, 5.74) is 2.09. The smallest absolute Gasteiger partial charge is 0.319 e. The van der Waals surface area contributed by atoms with E-state index in [2.05, 4.69) is 0 Å². The van der Waals surface area contributed by atoms with Crippen LogP contribution in [0.15, 0.2) is 36.4 Å². The number of aliphatic carboxylic acids is 1. The average molecular weight is 387 g/mol. The Balaban J connectivity index is 1.91. The molecule has 1 aliphatic carbocycles. The lowest BCUT2D eigenvalue weighted by Crippen LogP contribution is -2.37. The quantitative estimate of drug-likeness (QED) is 0.385. The van der Waals surface area contributed by atoms with Crippen molar-refractivity contribution in [3.63, 3.8) is 0 Å². The molecule has 2 aromatic rings. The molecule has 0 atom stereocenters. The standard InChI is InChI=1S/C20H22FN3O2S/c1-20(2,17(25)26)27-19(23)24(18(21)22)11-13-9-10-15(12-7-8-12)16-6-4-3-5-14(13)16/h3-6,9-10,12,22-23H,7-8,11H2,1-2H3,(H,25,26). The van der Waals surface area contributed by atoms with Gasteiger partial charge in [0.05, 0.1) is 6.54 Å². The number of rotatable bonds is 5. The van der Waals surface area contributed by atoms with Gasteiger partial charge < -0.3 is 5.11 Å². The molecule has 7 heteroatoms. The predicted octanol–water partition coefficient (Wildman–Crippen LogP) is 4.95. The summed E-state index contributed by atoms with van der Waals surface area (Å²) in [6.45, 7) is 2.91. The van der Waals surface area contributed by atoms with E-state index in [1.54, 1.807) is 0 Å². The number of nitrogens with zero attached hydrogens (tertiary/aromatic N) is 1. The molecule has 1 fully saturated rings. The minimum atomic E-state index is -1.29. The molecule has 0 bridgehead atoms. The first-order valence-electron chi connectivity index (χ1n) is 8.74. The average Bonchev–Trinajstić information content (AvgIpc) is 3.43. The van der Waals surface area contributed by atoms with Gasteiger partial charge in [0.2, 0.25) is 0 Å². The third-order valence-corrected chi connectivity index (χ3v) is 5.84. The SMILES string of the molecule is CC(C)(SC(=N)N(Cc1ccc(C2CC2)c2ccccc12)C(=N)F)C(=O)O. The highest BCUT2D eigenvalue weighted by Crippen LogP contribution is 2.43. The maximum atomic E-state index is 13.9. The van der Waals surface area contributed by atoms with E-state index in [1.807, 2.05) is 36.4 Å². The zero-order chi connectivity index (χ0) is 19.8. The molecule has 0 spiro atoms. The van der Waals surface area contributed by atoms with Crippen molar-refractivity contribution in [2.75, 3.05) is 0 Å². The highest BCUT2D eigenvalue weighted by atomic mass is 32.2. The summed E-state index contributed by atoms with van der Waals surface area (Å²) in [6.07, 6.45) is 1.08. The van der Waals surface area contributed by atoms with Crippen molar-refractivity contribution in [3.8, 4) is 0 Å². The molecule has 3 N–H and O–H groups in total. The zero-order valence-corrected chi connectivity index (χ0v) is 16.1. The van der Waals surface area contributed by atoms with Crippen LogP contribution in [-0.4, -0.2) is 32.0 Å². The van der Waals surface area contributed by atoms with Gasteiger partial charge in [0.15, 0.2) is 5.17 Å². The van der Waals surface area contributed by atoms with Gasteiger partial charge >= 0.3 is 5.97 Å². The van der Waals surface area contributed by atoms with E-state index in [0.717, 1.165) is 33.0 Å². The first kappa shape index (κ1) is 19.4. The van der Waals surface area contributed by atoms with Gasteiger partial charge in [0.25, 0.3) is 6.09 Å². The van der Waals surface area contributed by atoms with Crippen molar-refractivity contribution in [3.05, 3.63) is 47.5 Å². The van der Waals surface area contributed by atoms with E-state index < -0.39 is 16.8 Å². The topological polar surface area (TPSA) is 88.2 Å². The molecule has 27 heavy (non-hydrogen) atoms. The molecular weight excluding hydrogens is 365 g/mol. The molecule has 5 nitrogen and oxygen atoms in total. The Labute approximate surface area is 161 Å². The second kappa shape index (κ2) is 7.31. The lowest BCUT2D eigenvalue weighted by atomic mass is 9.97. The van der Waals surface area contributed by atoms with Crippen LogP contribution in [0.4, 0.5) is 4.39 Å². The normalized spacial score (nSPS) is 14.2. The predicted molar refractivity (Wildman–Crippen MR) is 107 cm³/mol. The Morgan fingerprint density at radius 2 is 1.85 bits per heavy atom. The third-order valence-electron chi connectivity index (χ3n) is 4.74. The van der Waals surface area contributed by atoms with Gasteiger partial charge in [-0.25, -0.2) is 0 Å². The fourth-order valence-electron chi connectivity index (χ4n) is 3.01. The Bertz CT molecular complexity index is 925. The molecule has 0 radical (unpaired) electrons. The van der Waals surface area contributed by atoms with E-state index in [9.17, 15) is 14.3 Å². The monoisotopic (exact) mass is 387 g/mol. The minimum Gasteiger partial charge on any atom is -0.480 e. The summed E-state index contributed by atoms with van der Waals surface area (Å²) < 4.78 is 12.6. The maximum absolute atomic E-state index is 13.9. The lowest BCUT2D eigenvalue weighted by molar-refractivity contribution is -0.138. The second-order valence-electron chi connectivity index (χ2n) is 7.23. The first-order valence-corrected chi connectivity index (χ1v) is 9.55. The van der Waals surface area contributed by atoms with Crippen molar-refractivity contribution >= 4 is 39.8 Å². The molecule has 142 valence electrons. The maximum Gasteiger partial charge on any atom is 0.319 e. The summed E-state index contributed by atoms with van der Waals surface area (Å²) in [7, 11) is 0. The fourth-order valence-corrected chi connectivity index (χ4v) is 3.84. The van der Waals surface area contributed by atoms with Crippen LogP contribution in [-0.2, 0) is 11.3 Å². The van der Waals surface area contributed by atoms with Crippen LogP contribution in [0.1, 0.15) is 43.7 Å². The Hall–Kier alpha value is -2.41. The van der Waals surface area contributed by atoms with Crippen LogP contribution in [0.2, 0.25) is 0 Å². The number of carbonyl (C=O) groups is 1. The zero-order valence-electron chi connectivity index (χ0n) is 15.3. The molecule has 2 aromatic carbocycles. The fraction of sp³-hybridized carbons (Fsp3) is 0.350. The van der Waals surface area contributed by atoms with Gasteiger partial charge in [0.1, 0.15) is 4.75 Å². The molecule has 0 heterocycles. The number of halogens is 1. The molecule has 0 aliphatic heterocycles. The number of carboxylic acids is 1. The lowest BCUT2D eigenvalue weighted by Gasteiger charge is -2.26. The summed E-state index contributed by atoms with van der Waals surface area (Å²) in [4.78, 5) is 12.2. The van der Waals surface area contributed by atoms with Crippen LogP contribution in [0, 0.1) is 10.8 Å². The molecule has 0 saturated heterocycles. The molecule has 0 amide bonds. The van der Waals surface area contributed by atoms with Crippen LogP contribution in [0.25, 0.3) is 10.8 Å². The van der Waals surface area contributed by atoms with E-state index in [1.165, 1.54) is 32.3 Å². The first-order chi connectivity index (χ1) is 12.7. The van der Waals surface area contributed by atoms with Crippen molar-refractivity contribution in [1.82, 2.24) is 4.90 Å². The summed E-state index contributed by atoms with van der Waals surface area (Å²) in [6, 6.07) is 11.9. The van der Waals surface area contributed by atoms with Crippen LogP contribution in [0.3, 0.4) is 0 Å². The third kappa shape index (κ3) is 4.13. The van der Waals surface area contributed by atoms with Gasteiger partial charge in [0, 0.05) is 0 Å². The van der Waals surface area contributed by atoms with Crippen molar-refractivity contribution in [1.29, 1.82) is 10.8 Å². The van der Waals surface area contributed by atoms with E-state index in [4.69, 9.17) is 10.8 Å². The number of hydrogen-bond acceptors (Lipinski definition) is 4. The number of carboxylic acid groups (broad SMARTS) is 1. The number of amidine groups is 2. The molecule has 0 aromatic heterocycles. The van der Waals surface area contributed by atoms with E-state index in [-0.39, 0.29) is 11.7 Å². The van der Waals surface area contributed by atoms with Crippen LogP contribution in [0.5, 0.6) is 0 Å². The molecular formula is C20H22FN3O2S. The molecule has 3 rings (SSSR count). The second-order valence-corrected chi connectivity index (χ2v) is 8.84. The number of benzene rings is 2. The Morgan fingerprint density at radius 1 is 1.22 bits per heavy atom. The van der Waals surface area contributed by atoms with Crippen LogP contribution < -0.4 is 0 Å². The summed E-state index contributed by atoms with van der Waals surface area (Å²) in [5.74, 6) is -0.522. The van der Waals surface area contributed by atoms with Crippen LogP contribution >= 0.6 is 11.8 Å². The highest BCUT2D eigenvalue weighted by Gasteiger charge is 2.33. The molecule has 1 aliphatic rings. The molecule has 1 saturated carbocycles. The number of hydrogen-bond donors (Lipinski definition) is 3. The number of thioether (sulfide) groups is 1. The van der Waals surface area contributed by atoms with E-state index >= 15 is 0 Å². The Kier molecular flexibility index (Phi) is 5.24. The van der Waals surface area contributed by atoms with E-state index in [0.29, 0.717) is 5.92 Å². The largest absolute Gasteiger partial charge is 0.480 e. The van der Waals surface area contributed by atoms with Crippen molar-refractivity contribution < 1.29 is 14.3 Å². The summed E-state index contributed by atoms with van der Waals surface area (Å²) in [5, 5.41) is 26.6. The number of nitrogens with one attached hydrogen (secondary N) is 2. The van der Waals surface area contributed by atoms with Gasteiger partial charge in [-0.15, -0.1) is 0 Å². The summed E-state index contributed by atoms with van der Waals surface area (Å²) >= 11 is 0.718. The van der Waals surface area contributed by atoms with Crippen molar-refractivity contribution in [2.45, 2.75) is 43.9 Å². The van der Waals surface area contributed by atoms with Crippen molar-refractivity contribution in [2.24, 2.45) is 0 Å². The van der Waals surface area contributed by atoms with Gasteiger partial charge in [-0.1, -0.05) is 48.2 Å². The number of fused-ring (bicyclic) bond motifs is 1. The minimum absolute atomic E-state index is 0.00231. The van der Waals surface area contributed by atoms with Gasteiger partial charge in [-0.05, 0) is 54.5 Å². The highest BCUT2D eigenvalue weighted by molar-refractivity contribution is 8.15. The molecule has 0 unspecified atom stereocenters.